The van der Waals surface area contributed by atoms with E-state index in [1.807, 2.05) is 63.9 Å². The average molecular weight is 353 g/mol. The first-order valence-electron chi connectivity index (χ1n) is 7.59. The van der Waals surface area contributed by atoms with Gasteiger partial charge in [-0.3, -0.25) is 4.79 Å². The Balaban J connectivity index is 1.62. The maximum Gasteiger partial charge on any atom is 0.240 e. The molecule has 4 nitrogen and oxygen atoms in total. The van der Waals surface area contributed by atoms with Gasteiger partial charge >= 0.3 is 0 Å². The minimum Gasteiger partial charge on any atom is -0.350 e. The van der Waals surface area contributed by atoms with E-state index in [0.29, 0.717) is 6.54 Å². The number of rotatable bonds is 5. The van der Waals surface area contributed by atoms with Crippen LogP contribution in [0.25, 0.3) is 21.7 Å². The summed E-state index contributed by atoms with van der Waals surface area (Å²) in [5, 5.41) is 7.02. The van der Waals surface area contributed by atoms with E-state index in [4.69, 9.17) is 4.98 Å². The van der Waals surface area contributed by atoms with Gasteiger partial charge in [-0.2, -0.15) is 0 Å². The van der Waals surface area contributed by atoms with Crippen molar-refractivity contribution in [2.75, 3.05) is 0 Å². The van der Waals surface area contributed by atoms with Gasteiger partial charge < -0.3 is 9.88 Å². The molecule has 6 heteroatoms. The fraction of sp³-hybridized carbons (Fsp3) is 0.111. The number of para-hydroxylation sites is 2. The van der Waals surface area contributed by atoms with Crippen molar-refractivity contribution in [3.05, 3.63) is 64.2 Å². The molecule has 0 saturated heterocycles. The molecule has 0 radical (unpaired) electrons. The lowest BCUT2D eigenvalue weighted by Gasteiger charge is -2.09. The van der Waals surface area contributed by atoms with Crippen LogP contribution in [-0.4, -0.2) is 15.5 Å². The topological polar surface area (TPSA) is 46.9 Å². The molecule has 3 aromatic heterocycles. The number of thiophene rings is 2. The van der Waals surface area contributed by atoms with E-state index in [9.17, 15) is 4.79 Å². The smallest absolute Gasteiger partial charge is 0.240 e. The van der Waals surface area contributed by atoms with Gasteiger partial charge in [0.1, 0.15) is 6.54 Å². The first-order valence-corrected chi connectivity index (χ1v) is 9.35. The molecule has 0 aliphatic heterocycles. The molecular formula is C18H15N3OS2. The Morgan fingerprint density at radius 3 is 2.67 bits per heavy atom. The lowest BCUT2D eigenvalue weighted by atomic mass is 10.3. The third-order valence-corrected chi connectivity index (χ3v) is 5.48. The molecule has 4 aromatic rings. The summed E-state index contributed by atoms with van der Waals surface area (Å²) in [6.07, 6.45) is 0. The van der Waals surface area contributed by atoms with E-state index in [-0.39, 0.29) is 12.5 Å². The Morgan fingerprint density at radius 2 is 1.88 bits per heavy atom. The van der Waals surface area contributed by atoms with Crippen molar-refractivity contribution < 1.29 is 4.79 Å². The van der Waals surface area contributed by atoms with Crippen molar-refractivity contribution in [2.45, 2.75) is 13.1 Å². The third-order valence-electron chi connectivity index (χ3n) is 3.74. The van der Waals surface area contributed by atoms with Gasteiger partial charge in [0.25, 0.3) is 0 Å². The molecule has 0 saturated carbocycles. The summed E-state index contributed by atoms with van der Waals surface area (Å²) >= 11 is 3.27. The maximum absolute atomic E-state index is 12.4. The van der Waals surface area contributed by atoms with E-state index >= 15 is 0 Å². The molecule has 0 bridgehead atoms. The quantitative estimate of drug-likeness (QED) is 0.586. The molecule has 0 unspecified atom stereocenters. The summed E-state index contributed by atoms with van der Waals surface area (Å²) < 4.78 is 1.99. The maximum atomic E-state index is 12.4. The molecule has 0 spiro atoms. The molecule has 3 heterocycles. The van der Waals surface area contributed by atoms with Crippen LogP contribution in [0, 0.1) is 0 Å². The number of amides is 1. The molecule has 1 amide bonds. The number of nitrogens with zero attached hydrogens (tertiary/aromatic N) is 2. The van der Waals surface area contributed by atoms with Gasteiger partial charge in [0.05, 0.1) is 22.5 Å². The Bertz CT molecular complexity index is 956. The Hall–Kier alpha value is -2.44. The van der Waals surface area contributed by atoms with Gasteiger partial charge in [-0.1, -0.05) is 24.3 Å². The van der Waals surface area contributed by atoms with Crippen molar-refractivity contribution in [1.82, 2.24) is 14.9 Å². The highest BCUT2D eigenvalue weighted by Gasteiger charge is 2.15. The van der Waals surface area contributed by atoms with E-state index < -0.39 is 0 Å². The lowest BCUT2D eigenvalue weighted by molar-refractivity contribution is -0.121. The van der Waals surface area contributed by atoms with Crippen LogP contribution in [0.4, 0.5) is 0 Å². The summed E-state index contributed by atoms with van der Waals surface area (Å²) in [4.78, 5) is 19.4. The standard InChI is InChI=1S/C18H15N3OS2/c22-17(19-11-13-5-3-9-23-13)12-21-15-7-2-1-6-14(15)20-18(21)16-8-4-10-24-16/h1-10H,11-12H2,(H,19,22). The van der Waals surface area contributed by atoms with Gasteiger partial charge in [-0.15, -0.1) is 22.7 Å². The number of carbonyl (C=O) groups excluding carboxylic acids is 1. The van der Waals surface area contributed by atoms with Crippen LogP contribution in [0.1, 0.15) is 4.88 Å². The molecule has 0 fully saturated rings. The largest absolute Gasteiger partial charge is 0.350 e. The normalized spacial score (nSPS) is 11.0. The predicted octanol–water partition coefficient (Wildman–Crippen LogP) is 4.14. The second-order valence-electron chi connectivity index (χ2n) is 5.34. The summed E-state index contributed by atoms with van der Waals surface area (Å²) in [5.41, 5.74) is 1.89. The first-order chi connectivity index (χ1) is 11.8. The SMILES string of the molecule is O=C(Cn1c(-c2cccs2)nc2ccccc21)NCc1cccs1. The number of aromatic nitrogens is 2. The minimum absolute atomic E-state index is 0.00985. The third kappa shape index (κ3) is 2.98. The predicted molar refractivity (Wildman–Crippen MR) is 99.2 cm³/mol. The van der Waals surface area contributed by atoms with E-state index in [0.717, 1.165) is 26.6 Å². The number of nitrogens with one attached hydrogen (secondary N) is 1. The van der Waals surface area contributed by atoms with Crippen molar-refractivity contribution >= 4 is 39.6 Å². The molecule has 1 aromatic carbocycles. The second-order valence-corrected chi connectivity index (χ2v) is 7.32. The summed E-state index contributed by atoms with van der Waals surface area (Å²) in [5.74, 6) is 0.835. The zero-order chi connectivity index (χ0) is 16.4. The summed E-state index contributed by atoms with van der Waals surface area (Å²) in [6.45, 7) is 0.830. The Kier molecular flexibility index (Phi) is 4.15. The highest BCUT2D eigenvalue weighted by molar-refractivity contribution is 7.13. The molecule has 0 aliphatic carbocycles. The number of carbonyl (C=O) groups is 1. The fourth-order valence-corrected chi connectivity index (χ4v) is 3.99. The summed E-state index contributed by atoms with van der Waals surface area (Å²) in [7, 11) is 0. The van der Waals surface area contributed by atoms with Crippen LogP contribution in [0.3, 0.4) is 0 Å². The Labute approximate surface area is 147 Å². The number of benzene rings is 1. The zero-order valence-corrected chi connectivity index (χ0v) is 14.4. The average Bonchev–Trinajstić information content (AvgIpc) is 3.34. The van der Waals surface area contributed by atoms with Crippen molar-refractivity contribution in [1.29, 1.82) is 0 Å². The summed E-state index contributed by atoms with van der Waals surface area (Å²) in [6, 6.07) is 16.0. The van der Waals surface area contributed by atoms with Gasteiger partial charge in [-0.05, 0) is 35.0 Å². The molecule has 0 atom stereocenters. The van der Waals surface area contributed by atoms with Crippen LogP contribution in [0.15, 0.2) is 59.3 Å². The van der Waals surface area contributed by atoms with Crippen LogP contribution in [-0.2, 0) is 17.9 Å². The monoisotopic (exact) mass is 353 g/mol. The molecule has 120 valence electrons. The van der Waals surface area contributed by atoms with Crippen LogP contribution in [0.2, 0.25) is 0 Å². The lowest BCUT2D eigenvalue weighted by Crippen LogP contribution is -2.27. The molecule has 4 rings (SSSR count). The van der Waals surface area contributed by atoms with Gasteiger partial charge in [0.15, 0.2) is 5.82 Å². The van der Waals surface area contributed by atoms with Crippen molar-refractivity contribution in [2.24, 2.45) is 0 Å². The van der Waals surface area contributed by atoms with Crippen LogP contribution < -0.4 is 5.32 Å². The number of imidazole rings is 1. The molecule has 24 heavy (non-hydrogen) atoms. The zero-order valence-electron chi connectivity index (χ0n) is 12.8. The van der Waals surface area contributed by atoms with Crippen LogP contribution >= 0.6 is 22.7 Å². The minimum atomic E-state index is -0.00985. The first kappa shape index (κ1) is 15.1. The van der Waals surface area contributed by atoms with Gasteiger partial charge in [-0.25, -0.2) is 4.98 Å². The molecule has 1 N–H and O–H groups in total. The highest BCUT2D eigenvalue weighted by Crippen LogP contribution is 2.28. The Morgan fingerprint density at radius 1 is 1.04 bits per heavy atom. The van der Waals surface area contributed by atoms with E-state index in [1.165, 1.54) is 0 Å². The van der Waals surface area contributed by atoms with Crippen molar-refractivity contribution in [3.8, 4) is 10.7 Å². The highest BCUT2D eigenvalue weighted by atomic mass is 32.1. The van der Waals surface area contributed by atoms with Crippen molar-refractivity contribution in [3.63, 3.8) is 0 Å². The van der Waals surface area contributed by atoms with Gasteiger partial charge in [0, 0.05) is 4.88 Å². The number of fused-ring (bicyclic) bond motifs is 1. The van der Waals surface area contributed by atoms with Crippen LogP contribution in [0.5, 0.6) is 0 Å². The second kappa shape index (κ2) is 6.59. The number of hydrogen-bond acceptors (Lipinski definition) is 4. The van der Waals surface area contributed by atoms with E-state index in [2.05, 4.69) is 5.32 Å². The fourth-order valence-electron chi connectivity index (χ4n) is 2.63. The number of hydrogen-bond donors (Lipinski definition) is 1. The van der Waals surface area contributed by atoms with E-state index in [1.54, 1.807) is 22.7 Å². The van der Waals surface area contributed by atoms with Gasteiger partial charge in [0.2, 0.25) is 5.91 Å². The molecule has 0 aliphatic rings. The molecular weight excluding hydrogens is 338 g/mol.